The number of benzene rings is 1. The van der Waals surface area contributed by atoms with E-state index in [1.165, 1.54) is 0 Å². The molecule has 29 heavy (non-hydrogen) atoms. The summed E-state index contributed by atoms with van der Waals surface area (Å²) in [7, 11) is -3.38. The monoisotopic (exact) mass is 425 g/mol. The lowest BCUT2D eigenvalue weighted by Gasteiger charge is -2.40. The number of nitrogens with zero attached hydrogens (tertiary/aromatic N) is 1. The summed E-state index contributed by atoms with van der Waals surface area (Å²) in [5, 5.41) is 2.49. The van der Waals surface area contributed by atoms with Crippen LogP contribution in [0.2, 0.25) is 0 Å². The fraction of sp³-hybridized carbons (Fsp3) is 0.600. The molecule has 1 aliphatic heterocycles. The number of sulfonamides is 1. The van der Waals surface area contributed by atoms with E-state index in [0.717, 1.165) is 11.8 Å². The Bertz CT molecular complexity index is 853. The molecule has 2 N–H and O–H groups in total. The van der Waals surface area contributed by atoms with E-state index in [0.29, 0.717) is 31.6 Å². The number of anilines is 1. The number of amides is 2. The van der Waals surface area contributed by atoms with Crippen LogP contribution in [0.4, 0.5) is 10.5 Å². The van der Waals surface area contributed by atoms with Gasteiger partial charge in [-0.15, -0.1) is 0 Å². The molecule has 1 aromatic carbocycles. The molecule has 0 radical (unpaired) electrons. The molecular weight excluding hydrogens is 394 g/mol. The van der Waals surface area contributed by atoms with Gasteiger partial charge in [-0.1, -0.05) is 25.1 Å². The molecule has 0 bridgehead atoms. The third-order valence-corrected chi connectivity index (χ3v) is 5.47. The van der Waals surface area contributed by atoms with E-state index in [1.54, 1.807) is 37.8 Å². The van der Waals surface area contributed by atoms with Crippen LogP contribution in [0.25, 0.3) is 0 Å². The van der Waals surface area contributed by atoms with Gasteiger partial charge in [0.2, 0.25) is 15.9 Å². The Labute approximate surface area is 173 Å². The first-order valence-electron chi connectivity index (χ1n) is 9.61. The molecule has 0 saturated carbocycles. The topological polar surface area (TPSA) is 105 Å². The number of hydrogen-bond donors (Lipinski definition) is 2. The van der Waals surface area contributed by atoms with Crippen LogP contribution in [-0.4, -0.2) is 56.8 Å². The molecule has 0 spiro atoms. The molecule has 0 unspecified atom stereocenters. The number of carbonyl (C=O) groups excluding carboxylic acids is 2. The normalized spacial score (nSPS) is 16.8. The number of para-hydroxylation sites is 1. The maximum atomic E-state index is 12.4. The first kappa shape index (κ1) is 23.0. The molecule has 1 aliphatic rings. The van der Waals surface area contributed by atoms with Crippen LogP contribution >= 0.6 is 0 Å². The summed E-state index contributed by atoms with van der Waals surface area (Å²) in [6, 6.07) is 7.36. The van der Waals surface area contributed by atoms with Gasteiger partial charge in [-0.25, -0.2) is 13.2 Å². The minimum atomic E-state index is -3.38. The van der Waals surface area contributed by atoms with Crippen LogP contribution in [0.3, 0.4) is 0 Å². The summed E-state index contributed by atoms with van der Waals surface area (Å²) in [4.78, 5) is 25.9. The molecule has 0 aliphatic carbocycles. The zero-order valence-electron chi connectivity index (χ0n) is 17.7. The van der Waals surface area contributed by atoms with Crippen molar-refractivity contribution in [3.63, 3.8) is 0 Å². The van der Waals surface area contributed by atoms with Crippen molar-refractivity contribution >= 4 is 27.7 Å². The molecule has 1 heterocycles. The van der Waals surface area contributed by atoms with E-state index in [-0.39, 0.29) is 17.9 Å². The Morgan fingerprint density at radius 3 is 2.31 bits per heavy atom. The highest BCUT2D eigenvalue weighted by Gasteiger charge is 2.35. The Balaban J connectivity index is 1.98. The van der Waals surface area contributed by atoms with Crippen molar-refractivity contribution in [2.24, 2.45) is 0 Å². The molecule has 1 aromatic rings. The number of rotatable bonds is 5. The number of alkyl carbamates (subject to hydrolysis) is 1. The lowest BCUT2D eigenvalue weighted by molar-refractivity contribution is -0.131. The van der Waals surface area contributed by atoms with Crippen LogP contribution in [0.15, 0.2) is 24.3 Å². The number of nitrogens with one attached hydrogen (secondary N) is 2. The van der Waals surface area contributed by atoms with E-state index >= 15 is 0 Å². The minimum Gasteiger partial charge on any atom is -0.444 e. The van der Waals surface area contributed by atoms with Gasteiger partial charge in [-0.05, 0) is 50.7 Å². The summed E-state index contributed by atoms with van der Waals surface area (Å²) in [6.45, 7) is 8.30. The van der Waals surface area contributed by atoms with Crippen molar-refractivity contribution in [3.05, 3.63) is 29.8 Å². The highest BCUT2D eigenvalue weighted by molar-refractivity contribution is 7.92. The lowest BCUT2D eigenvalue weighted by Crippen LogP contribution is -2.48. The van der Waals surface area contributed by atoms with Crippen molar-refractivity contribution in [3.8, 4) is 0 Å². The fourth-order valence-electron chi connectivity index (χ4n) is 3.39. The molecule has 9 heteroatoms. The summed E-state index contributed by atoms with van der Waals surface area (Å²) in [5.74, 6) is -0.166. The van der Waals surface area contributed by atoms with E-state index in [1.807, 2.05) is 12.1 Å². The van der Waals surface area contributed by atoms with E-state index in [9.17, 15) is 18.0 Å². The SMILES string of the molecule is CC(C)(C)OC(=O)NCC(=O)N1CCC(C)(c2ccccc2NS(C)(=O)=O)CC1. The van der Waals surface area contributed by atoms with Crippen LogP contribution < -0.4 is 10.0 Å². The van der Waals surface area contributed by atoms with Gasteiger partial charge in [0.25, 0.3) is 0 Å². The first-order valence-corrected chi connectivity index (χ1v) is 11.5. The molecule has 0 atom stereocenters. The van der Waals surface area contributed by atoms with Crippen molar-refractivity contribution < 1.29 is 22.7 Å². The first-order chi connectivity index (χ1) is 13.3. The van der Waals surface area contributed by atoms with Gasteiger partial charge in [0, 0.05) is 13.1 Å². The second-order valence-electron chi connectivity index (χ2n) is 8.72. The van der Waals surface area contributed by atoms with Gasteiger partial charge in [-0.2, -0.15) is 0 Å². The number of carbonyl (C=O) groups is 2. The number of likely N-dealkylation sites (tertiary alicyclic amines) is 1. The van der Waals surface area contributed by atoms with Gasteiger partial charge >= 0.3 is 6.09 Å². The largest absolute Gasteiger partial charge is 0.444 e. The van der Waals surface area contributed by atoms with Gasteiger partial charge in [-0.3, -0.25) is 9.52 Å². The van der Waals surface area contributed by atoms with Crippen LogP contribution in [-0.2, 0) is 25.0 Å². The number of piperidine rings is 1. The predicted octanol–water partition coefficient (Wildman–Crippen LogP) is 2.46. The molecule has 8 nitrogen and oxygen atoms in total. The zero-order valence-corrected chi connectivity index (χ0v) is 18.6. The Hall–Kier alpha value is -2.29. The standard InChI is InChI=1S/C20H31N3O5S/c1-19(2,3)28-18(25)21-14-17(24)23-12-10-20(4,11-13-23)15-8-6-7-9-16(15)22-29(5,26)27/h6-9,22H,10-14H2,1-5H3,(H,21,25). The van der Waals surface area contributed by atoms with Crippen molar-refractivity contribution in [1.29, 1.82) is 0 Å². The molecule has 1 saturated heterocycles. The fourth-order valence-corrected chi connectivity index (χ4v) is 3.97. The Kier molecular flexibility index (Phi) is 6.82. The molecule has 2 rings (SSSR count). The second-order valence-corrected chi connectivity index (χ2v) is 10.5. The second kappa shape index (κ2) is 8.61. The van der Waals surface area contributed by atoms with Gasteiger partial charge < -0.3 is 15.0 Å². The third kappa shape index (κ3) is 6.92. The van der Waals surface area contributed by atoms with Crippen LogP contribution in [0.1, 0.15) is 46.1 Å². The minimum absolute atomic E-state index is 0.113. The average Bonchev–Trinajstić information content (AvgIpc) is 2.58. The highest BCUT2D eigenvalue weighted by Crippen LogP contribution is 2.39. The molecule has 1 fully saturated rings. The van der Waals surface area contributed by atoms with Crippen molar-refractivity contribution in [2.45, 2.75) is 51.6 Å². The Morgan fingerprint density at radius 1 is 1.17 bits per heavy atom. The molecule has 0 aromatic heterocycles. The summed E-state index contributed by atoms with van der Waals surface area (Å²) in [5.41, 5.74) is 0.616. The number of ether oxygens (including phenoxy) is 1. The number of hydrogen-bond acceptors (Lipinski definition) is 5. The van der Waals surface area contributed by atoms with Crippen molar-refractivity contribution in [2.75, 3.05) is 30.6 Å². The Morgan fingerprint density at radius 2 is 1.76 bits per heavy atom. The smallest absolute Gasteiger partial charge is 0.408 e. The highest BCUT2D eigenvalue weighted by atomic mass is 32.2. The summed E-state index contributed by atoms with van der Waals surface area (Å²) >= 11 is 0. The maximum absolute atomic E-state index is 12.4. The lowest BCUT2D eigenvalue weighted by atomic mass is 9.74. The van der Waals surface area contributed by atoms with Crippen molar-refractivity contribution in [1.82, 2.24) is 10.2 Å². The van der Waals surface area contributed by atoms with E-state index < -0.39 is 21.7 Å². The predicted molar refractivity (Wildman–Crippen MR) is 112 cm³/mol. The van der Waals surface area contributed by atoms with Gasteiger partial charge in [0.05, 0.1) is 11.9 Å². The van der Waals surface area contributed by atoms with Crippen LogP contribution in [0.5, 0.6) is 0 Å². The quantitative estimate of drug-likeness (QED) is 0.754. The zero-order chi connectivity index (χ0) is 21.9. The summed E-state index contributed by atoms with van der Waals surface area (Å²) < 4.78 is 31.1. The van der Waals surface area contributed by atoms with Gasteiger partial charge in [0.15, 0.2) is 0 Å². The summed E-state index contributed by atoms with van der Waals surface area (Å²) in [6.07, 6.45) is 1.89. The van der Waals surface area contributed by atoms with E-state index in [2.05, 4.69) is 17.0 Å². The molecule has 2 amide bonds. The van der Waals surface area contributed by atoms with Crippen LogP contribution in [0, 0.1) is 0 Å². The van der Waals surface area contributed by atoms with Gasteiger partial charge in [0.1, 0.15) is 12.1 Å². The maximum Gasteiger partial charge on any atom is 0.408 e. The molecular formula is C20H31N3O5S. The average molecular weight is 426 g/mol. The molecule has 162 valence electrons. The van der Waals surface area contributed by atoms with E-state index in [4.69, 9.17) is 4.74 Å². The third-order valence-electron chi connectivity index (χ3n) is 4.88.